The van der Waals surface area contributed by atoms with Gasteiger partial charge in [-0.15, -0.1) is 0 Å². The molecule has 0 saturated carbocycles. The third-order valence-electron chi connectivity index (χ3n) is 5.56. The first-order valence-electron chi connectivity index (χ1n) is 11.5. The van der Waals surface area contributed by atoms with Crippen LogP contribution >= 0.6 is 15.9 Å². The van der Waals surface area contributed by atoms with Gasteiger partial charge in [-0.1, -0.05) is 33.6 Å². The average molecular weight is 633 g/mol. The van der Waals surface area contributed by atoms with Crippen molar-refractivity contribution < 1.29 is 26.0 Å². The molecule has 0 aliphatic rings. The fraction of sp³-hybridized carbons (Fsp3) is 0.0741. The molecule has 39 heavy (non-hydrogen) atoms. The van der Waals surface area contributed by atoms with Crippen LogP contribution in [-0.4, -0.2) is 29.3 Å². The van der Waals surface area contributed by atoms with Gasteiger partial charge in [-0.25, -0.2) is 21.2 Å². The lowest BCUT2D eigenvalue weighted by molar-refractivity contribution is -0.114. The van der Waals surface area contributed by atoms with Crippen molar-refractivity contribution >= 4 is 58.9 Å². The van der Waals surface area contributed by atoms with Crippen LogP contribution in [0.4, 0.5) is 21.5 Å². The summed E-state index contributed by atoms with van der Waals surface area (Å²) in [5, 5.41) is 2.58. The quantitative estimate of drug-likeness (QED) is 0.252. The Morgan fingerprint density at radius 3 is 1.90 bits per heavy atom. The maximum absolute atomic E-state index is 13.5. The van der Waals surface area contributed by atoms with E-state index in [2.05, 4.69) is 26.0 Å². The van der Waals surface area contributed by atoms with Crippen LogP contribution < -0.4 is 14.3 Å². The monoisotopic (exact) mass is 631 g/mol. The summed E-state index contributed by atoms with van der Waals surface area (Å²) in [5.74, 6) is -1.24. The SMILES string of the molecule is Cc1ccc(S(=O)(=O)N(CC(=O)Nc2ccc(S(=O)(=O)Nc3ccc(Br)cc3)cc2)c2ccc(F)cc2)cc1. The van der Waals surface area contributed by atoms with Gasteiger partial charge in [0.1, 0.15) is 12.4 Å². The predicted molar refractivity (Wildman–Crippen MR) is 152 cm³/mol. The fourth-order valence-corrected chi connectivity index (χ4v) is 6.28. The number of anilines is 3. The molecule has 0 fully saturated rings. The molecule has 0 saturated heterocycles. The average Bonchev–Trinajstić information content (AvgIpc) is 2.90. The predicted octanol–water partition coefficient (Wildman–Crippen LogP) is 5.53. The Balaban J connectivity index is 1.52. The van der Waals surface area contributed by atoms with Gasteiger partial charge in [0.25, 0.3) is 20.0 Å². The lowest BCUT2D eigenvalue weighted by atomic mass is 10.2. The van der Waals surface area contributed by atoms with E-state index in [0.717, 1.165) is 26.5 Å². The standard InChI is InChI=1S/C27H23BrFN3O5S2/c1-19-2-14-26(15-3-19)39(36,37)32(24-12-6-21(29)7-13-24)18-27(33)30-22-10-16-25(17-11-22)38(34,35)31-23-8-4-20(28)5-9-23/h2-17,31H,18H2,1H3,(H,30,33). The van der Waals surface area contributed by atoms with E-state index in [0.29, 0.717) is 5.69 Å². The summed E-state index contributed by atoms with van der Waals surface area (Å²) in [6.07, 6.45) is 0. The number of carbonyl (C=O) groups excluding carboxylic acids is 1. The Hall–Kier alpha value is -3.74. The van der Waals surface area contributed by atoms with Crippen LogP contribution in [0, 0.1) is 12.7 Å². The van der Waals surface area contributed by atoms with Crippen molar-refractivity contribution in [1.29, 1.82) is 0 Å². The highest BCUT2D eigenvalue weighted by molar-refractivity contribution is 9.10. The number of hydrogen-bond acceptors (Lipinski definition) is 5. The summed E-state index contributed by atoms with van der Waals surface area (Å²) in [7, 11) is -8.05. The molecule has 0 bridgehead atoms. The molecular weight excluding hydrogens is 609 g/mol. The highest BCUT2D eigenvalue weighted by atomic mass is 79.9. The normalized spacial score (nSPS) is 11.6. The van der Waals surface area contributed by atoms with Crippen LogP contribution in [0.3, 0.4) is 0 Å². The molecule has 0 unspecified atom stereocenters. The zero-order valence-electron chi connectivity index (χ0n) is 20.5. The lowest BCUT2D eigenvalue weighted by Gasteiger charge is -2.24. The zero-order chi connectivity index (χ0) is 28.2. The molecule has 2 N–H and O–H groups in total. The highest BCUT2D eigenvalue weighted by Gasteiger charge is 2.27. The second kappa shape index (κ2) is 11.6. The molecule has 4 aromatic carbocycles. The molecule has 0 aromatic heterocycles. The van der Waals surface area contributed by atoms with E-state index in [-0.39, 0.29) is 21.2 Å². The van der Waals surface area contributed by atoms with Crippen LogP contribution in [0.15, 0.2) is 111 Å². The first-order valence-corrected chi connectivity index (χ1v) is 15.2. The van der Waals surface area contributed by atoms with Gasteiger partial charge in [0.2, 0.25) is 5.91 Å². The minimum Gasteiger partial charge on any atom is -0.325 e. The zero-order valence-corrected chi connectivity index (χ0v) is 23.7. The number of nitrogens with one attached hydrogen (secondary N) is 2. The molecule has 0 spiro atoms. The van der Waals surface area contributed by atoms with E-state index in [4.69, 9.17) is 0 Å². The summed E-state index contributed by atoms with van der Waals surface area (Å²) in [5.41, 5.74) is 1.60. The smallest absolute Gasteiger partial charge is 0.264 e. The Morgan fingerprint density at radius 1 is 0.769 bits per heavy atom. The van der Waals surface area contributed by atoms with Crippen LogP contribution in [0.25, 0.3) is 0 Å². The highest BCUT2D eigenvalue weighted by Crippen LogP contribution is 2.25. The number of aryl methyl sites for hydroxylation is 1. The van der Waals surface area contributed by atoms with E-state index in [1.807, 2.05) is 6.92 Å². The van der Waals surface area contributed by atoms with Gasteiger partial charge in [0, 0.05) is 15.8 Å². The minimum absolute atomic E-state index is 0.0293. The molecule has 0 radical (unpaired) electrons. The fourth-order valence-electron chi connectivity index (χ4n) is 3.54. The lowest BCUT2D eigenvalue weighted by Crippen LogP contribution is -2.38. The maximum Gasteiger partial charge on any atom is 0.264 e. The third-order valence-corrected chi connectivity index (χ3v) is 9.27. The largest absolute Gasteiger partial charge is 0.325 e. The van der Waals surface area contributed by atoms with Crippen molar-refractivity contribution in [3.8, 4) is 0 Å². The van der Waals surface area contributed by atoms with Crippen molar-refractivity contribution in [3.63, 3.8) is 0 Å². The van der Waals surface area contributed by atoms with Gasteiger partial charge < -0.3 is 5.32 Å². The summed E-state index contributed by atoms with van der Waals surface area (Å²) >= 11 is 3.29. The molecule has 4 aromatic rings. The molecule has 202 valence electrons. The number of amides is 1. The van der Waals surface area contributed by atoms with Crippen LogP contribution in [0.5, 0.6) is 0 Å². The van der Waals surface area contributed by atoms with Gasteiger partial charge >= 0.3 is 0 Å². The van der Waals surface area contributed by atoms with Crippen molar-refractivity contribution in [2.24, 2.45) is 0 Å². The van der Waals surface area contributed by atoms with E-state index in [1.54, 1.807) is 36.4 Å². The molecule has 12 heteroatoms. The van der Waals surface area contributed by atoms with Crippen molar-refractivity contribution in [2.45, 2.75) is 16.7 Å². The second-order valence-electron chi connectivity index (χ2n) is 8.49. The first kappa shape index (κ1) is 28.3. The van der Waals surface area contributed by atoms with Crippen molar-refractivity contribution in [1.82, 2.24) is 0 Å². The molecule has 0 aliphatic carbocycles. The number of sulfonamides is 2. The molecule has 0 atom stereocenters. The second-order valence-corrected chi connectivity index (χ2v) is 12.9. The molecule has 0 heterocycles. The minimum atomic E-state index is -4.17. The number of benzene rings is 4. The van der Waals surface area contributed by atoms with Crippen LogP contribution in [-0.2, 0) is 24.8 Å². The van der Waals surface area contributed by atoms with E-state index in [9.17, 15) is 26.0 Å². The molecule has 1 amide bonds. The summed E-state index contributed by atoms with van der Waals surface area (Å²) in [6.45, 7) is 1.21. The van der Waals surface area contributed by atoms with Gasteiger partial charge in [0.15, 0.2) is 0 Å². The number of rotatable bonds is 9. The van der Waals surface area contributed by atoms with Gasteiger partial charge in [-0.3, -0.25) is 13.8 Å². The molecule has 8 nitrogen and oxygen atoms in total. The van der Waals surface area contributed by atoms with Crippen LogP contribution in [0.2, 0.25) is 0 Å². The van der Waals surface area contributed by atoms with E-state index >= 15 is 0 Å². The first-order chi connectivity index (χ1) is 18.4. The maximum atomic E-state index is 13.5. The Labute approximate surface area is 234 Å². The molecule has 0 aliphatic heterocycles. The van der Waals surface area contributed by atoms with Gasteiger partial charge in [0.05, 0.1) is 15.5 Å². The van der Waals surface area contributed by atoms with Crippen molar-refractivity contribution in [3.05, 3.63) is 113 Å². The van der Waals surface area contributed by atoms with E-state index < -0.39 is 38.3 Å². The summed E-state index contributed by atoms with van der Waals surface area (Å²) < 4.78 is 69.9. The van der Waals surface area contributed by atoms with E-state index in [1.165, 1.54) is 48.5 Å². The number of nitrogens with zero attached hydrogens (tertiary/aromatic N) is 1. The molecular formula is C27H23BrFN3O5S2. The van der Waals surface area contributed by atoms with Crippen molar-refractivity contribution in [2.75, 3.05) is 20.9 Å². The third kappa shape index (κ3) is 7.02. The van der Waals surface area contributed by atoms with Gasteiger partial charge in [-0.2, -0.15) is 0 Å². The summed E-state index contributed by atoms with van der Waals surface area (Å²) in [6, 6.07) is 22.9. The Kier molecular flexibility index (Phi) is 8.38. The number of carbonyl (C=O) groups is 1. The van der Waals surface area contributed by atoms with Crippen LogP contribution in [0.1, 0.15) is 5.56 Å². The number of hydrogen-bond donors (Lipinski definition) is 2. The molecule has 4 rings (SSSR count). The van der Waals surface area contributed by atoms with Gasteiger partial charge in [-0.05, 0) is 91.9 Å². The summed E-state index contributed by atoms with van der Waals surface area (Å²) in [4.78, 5) is 12.9. The Morgan fingerprint density at radius 2 is 1.31 bits per heavy atom. The topological polar surface area (TPSA) is 113 Å². The number of halogens is 2. The Bertz CT molecular complexity index is 1680.